The molecule has 0 fully saturated rings. The number of hydrogen-bond acceptors (Lipinski definition) is 5. The number of anilines is 1. The highest BCUT2D eigenvalue weighted by Crippen LogP contribution is 2.20. The molecule has 0 saturated heterocycles. The van der Waals surface area contributed by atoms with Crippen LogP contribution in [-0.2, 0) is 16.1 Å². The van der Waals surface area contributed by atoms with Crippen molar-refractivity contribution in [2.24, 2.45) is 11.7 Å². The molecule has 0 bridgehead atoms. The number of aromatic nitrogens is 2. The number of likely N-dealkylation sites (N-methyl/N-ethyl adjacent to an activating group) is 1. The average molecular weight is 445 g/mol. The summed E-state index contributed by atoms with van der Waals surface area (Å²) in [5.41, 5.74) is 7.64. The Labute approximate surface area is 184 Å². The van der Waals surface area contributed by atoms with Gasteiger partial charge in [-0.05, 0) is 19.7 Å². The van der Waals surface area contributed by atoms with E-state index in [1.54, 1.807) is 13.1 Å². The maximum atomic E-state index is 12.5. The van der Waals surface area contributed by atoms with E-state index in [2.05, 4.69) is 15.7 Å². The van der Waals surface area contributed by atoms with Crippen LogP contribution in [0.4, 0.5) is 5.69 Å². The van der Waals surface area contributed by atoms with Crippen LogP contribution in [0, 0.1) is 5.92 Å². The standard InChI is InChI=1S/C19H28N6O2.2ClH/c1-14(18(20)15-7-5-4-6-8-15)19(27)23-16-11-22-25(12-16)13-17(26)21-9-10-24(2)3;;/h4-8,11-12,14,18H,9-10,13,20H2,1-3H3,(H,21,26)(H,23,27);2*1H. The van der Waals surface area contributed by atoms with Gasteiger partial charge >= 0.3 is 0 Å². The number of carbonyl (C=O) groups excluding carboxylic acids is 2. The molecule has 4 N–H and O–H groups in total. The number of nitrogens with zero attached hydrogens (tertiary/aromatic N) is 3. The van der Waals surface area contributed by atoms with Gasteiger partial charge in [-0.15, -0.1) is 24.8 Å². The Bertz CT molecular complexity index is 754. The van der Waals surface area contributed by atoms with E-state index in [0.717, 1.165) is 12.1 Å². The summed E-state index contributed by atoms with van der Waals surface area (Å²) >= 11 is 0. The molecule has 10 heteroatoms. The molecular weight excluding hydrogens is 415 g/mol. The SMILES string of the molecule is CC(C(=O)Nc1cnn(CC(=O)NCCN(C)C)c1)C(N)c1ccccc1.Cl.Cl. The third kappa shape index (κ3) is 8.82. The van der Waals surface area contributed by atoms with Gasteiger partial charge in [0.05, 0.1) is 17.8 Å². The number of nitrogens with two attached hydrogens (primary N) is 1. The molecule has 1 aromatic carbocycles. The van der Waals surface area contributed by atoms with Gasteiger partial charge < -0.3 is 21.3 Å². The van der Waals surface area contributed by atoms with Gasteiger partial charge in [0.15, 0.2) is 0 Å². The number of hydrogen-bond donors (Lipinski definition) is 3. The molecule has 2 rings (SSSR count). The van der Waals surface area contributed by atoms with Gasteiger partial charge in [0.1, 0.15) is 6.54 Å². The Morgan fingerprint density at radius 2 is 1.86 bits per heavy atom. The van der Waals surface area contributed by atoms with Crippen molar-refractivity contribution in [2.45, 2.75) is 19.5 Å². The molecular formula is C19H30Cl2N6O2. The van der Waals surface area contributed by atoms with Crippen LogP contribution in [0.25, 0.3) is 0 Å². The summed E-state index contributed by atoms with van der Waals surface area (Å²) in [5.74, 6) is -0.733. The first-order chi connectivity index (χ1) is 12.9. The smallest absolute Gasteiger partial charge is 0.241 e. The van der Waals surface area contributed by atoms with Crippen LogP contribution in [0.1, 0.15) is 18.5 Å². The molecule has 162 valence electrons. The molecule has 0 aliphatic heterocycles. The molecule has 0 radical (unpaired) electrons. The minimum atomic E-state index is -0.412. The second-order valence-corrected chi connectivity index (χ2v) is 6.79. The zero-order valence-electron chi connectivity index (χ0n) is 16.9. The molecule has 2 aromatic rings. The van der Waals surface area contributed by atoms with E-state index < -0.39 is 12.0 Å². The number of rotatable bonds is 9. The van der Waals surface area contributed by atoms with Crippen LogP contribution >= 0.6 is 24.8 Å². The number of halogens is 2. The van der Waals surface area contributed by atoms with Crippen LogP contribution in [0.2, 0.25) is 0 Å². The zero-order valence-corrected chi connectivity index (χ0v) is 18.5. The van der Waals surface area contributed by atoms with Gasteiger partial charge in [-0.3, -0.25) is 14.3 Å². The van der Waals surface area contributed by atoms with Crippen molar-refractivity contribution in [2.75, 3.05) is 32.5 Å². The highest BCUT2D eigenvalue weighted by atomic mass is 35.5. The summed E-state index contributed by atoms with van der Waals surface area (Å²) in [4.78, 5) is 26.3. The summed E-state index contributed by atoms with van der Waals surface area (Å²) in [5, 5.41) is 9.74. The average Bonchev–Trinajstić information content (AvgIpc) is 3.07. The van der Waals surface area contributed by atoms with Gasteiger partial charge in [0.25, 0.3) is 0 Å². The minimum Gasteiger partial charge on any atom is -0.353 e. The quantitative estimate of drug-likeness (QED) is 0.545. The predicted molar refractivity (Wildman–Crippen MR) is 119 cm³/mol. The lowest BCUT2D eigenvalue weighted by molar-refractivity contribution is -0.122. The van der Waals surface area contributed by atoms with Crippen molar-refractivity contribution in [3.63, 3.8) is 0 Å². The summed E-state index contributed by atoms with van der Waals surface area (Å²) in [6, 6.07) is 9.11. The van der Waals surface area contributed by atoms with Gasteiger partial charge in [0, 0.05) is 25.3 Å². The number of nitrogens with one attached hydrogen (secondary N) is 2. The Morgan fingerprint density at radius 1 is 1.21 bits per heavy atom. The Morgan fingerprint density at radius 3 is 2.48 bits per heavy atom. The lowest BCUT2D eigenvalue weighted by Gasteiger charge is -2.19. The molecule has 0 aliphatic carbocycles. The van der Waals surface area contributed by atoms with E-state index in [-0.39, 0.29) is 43.2 Å². The molecule has 1 heterocycles. The van der Waals surface area contributed by atoms with Crippen molar-refractivity contribution < 1.29 is 9.59 Å². The van der Waals surface area contributed by atoms with E-state index in [1.807, 2.05) is 49.3 Å². The molecule has 2 unspecified atom stereocenters. The highest BCUT2D eigenvalue weighted by Gasteiger charge is 2.22. The molecule has 8 nitrogen and oxygen atoms in total. The molecule has 0 spiro atoms. The first kappa shape index (κ1) is 26.9. The van der Waals surface area contributed by atoms with Crippen molar-refractivity contribution in [3.05, 3.63) is 48.3 Å². The monoisotopic (exact) mass is 444 g/mol. The summed E-state index contributed by atoms with van der Waals surface area (Å²) in [7, 11) is 3.89. The molecule has 2 amide bonds. The van der Waals surface area contributed by atoms with Crippen LogP contribution in [0.5, 0.6) is 0 Å². The van der Waals surface area contributed by atoms with E-state index >= 15 is 0 Å². The first-order valence-electron chi connectivity index (χ1n) is 8.92. The van der Waals surface area contributed by atoms with E-state index in [1.165, 1.54) is 10.9 Å². The summed E-state index contributed by atoms with van der Waals surface area (Å²) in [6.45, 7) is 3.23. The topological polar surface area (TPSA) is 105 Å². The maximum absolute atomic E-state index is 12.5. The zero-order chi connectivity index (χ0) is 19.8. The van der Waals surface area contributed by atoms with Crippen molar-refractivity contribution in [1.82, 2.24) is 20.0 Å². The van der Waals surface area contributed by atoms with Crippen molar-refractivity contribution >= 4 is 42.3 Å². The fourth-order valence-electron chi connectivity index (χ4n) is 2.52. The summed E-state index contributed by atoms with van der Waals surface area (Å²) < 4.78 is 1.49. The van der Waals surface area contributed by atoms with Crippen LogP contribution in [0.3, 0.4) is 0 Å². The minimum absolute atomic E-state index is 0. The van der Waals surface area contributed by atoms with Gasteiger partial charge in [0.2, 0.25) is 11.8 Å². The van der Waals surface area contributed by atoms with Crippen LogP contribution < -0.4 is 16.4 Å². The second kappa shape index (κ2) is 13.2. The molecule has 0 saturated carbocycles. The number of amides is 2. The Balaban J connectivity index is 0.00000392. The lowest BCUT2D eigenvalue weighted by atomic mass is 9.95. The second-order valence-electron chi connectivity index (χ2n) is 6.79. The van der Waals surface area contributed by atoms with Gasteiger partial charge in [-0.1, -0.05) is 37.3 Å². The van der Waals surface area contributed by atoms with E-state index in [4.69, 9.17) is 5.73 Å². The largest absolute Gasteiger partial charge is 0.353 e. The van der Waals surface area contributed by atoms with Crippen molar-refractivity contribution in [3.8, 4) is 0 Å². The summed E-state index contributed by atoms with van der Waals surface area (Å²) in [6.07, 6.45) is 3.15. The normalized spacial score (nSPS) is 12.3. The molecule has 0 aliphatic rings. The van der Waals surface area contributed by atoms with Gasteiger partial charge in [-0.2, -0.15) is 5.10 Å². The molecule has 2 atom stereocenters. The van der Waals surface area contributed by atoms with Crippen LogP contribution in [-0.4, -0.2) is 53.7 Å². The third-order valence-corrected chi connectivity index (χ3v) is 4.22. The van der Waals surface area contributed by atoms with Crippen molar-refractivity contribution in [1.29, 1.82) is 0 Å². The number of carbonyl (C=O) groups is 2. The Hall–Kier alpha value is -2.13. The Kier molecular flexibility index (Phi) is 12.2. The third-order valence-electron chi connectivity index (χ3n) is 4.22. The predicted octanol–water partition coefficient (Wildman–Crippen LogP) is 1.68. The fourth-order valence-corrected chi connectivity index (χ4v) is 2.52. The fraction of sp³-hybridized carbons (Fsp3) is 0.421. The van der Waals surface area contributed by atoms with Gasteiger partial charge in [-0.25, -0.2) is 0 Å². The maximum Gasteiger partial charge on any atom is 0.241 e. The molecule has 1 aromatic heterocycles. The van der Waals surface area contributed by atoms with E-state index in [9.17, 15) is 9.59 Å². The van der Waals surface area contributed by atoms with Crippen LogP contribution in [0.15, 0.2) is 42.7 Å². The first-order valence-corrected chi connectivity index (χ1v) is 8.92. The van der Waals surface area contributed by atoms with E-state index in [0.29, 0.717) is 12.2 Å². The molecule has 29 heavy (non-hydrogen) atoms. The highest BCUT2D eigenvalue weighted by molar-refractivity contribution is 5.92. The lowest BCUT2D eigenvalue weighted by Crippen LogP contribution is -2.33. The number of benzene rings is 1.